The number of nitrogens with zero attached hydrogens (tertiary/aromatic N) is 2. The van der Waals surface area contributed by atoms with Crippen molar-refractivity contribution in [3.05, 3.63) is 46.4 Å². The number of imidazole rings is 1. The number of anilines is 1. The summed E-state index contributed by atoms with van der Waals surface area (Å²) in [6, 6.07) is 11.8. The number of fused-ring (bicyclic) bond motifs is 1. The summed E-state index contributed by atoms with van der Waals surface area (Å²) in [5.74, 6) is 1.16. The number of hydrogen-bond acceptors (Lipinski definition) is 3. The van der Waals surface area contributed by atoms with Crippen molar-refractivity contribution in [3.8, 4) is 11.4 Å². The van der Waals surface area contributed by atoms with Crippen molar-refractivity contribution in [2.24, 2.45) is 0 Å². The molecule has 0 spiro atoms. The van der Waals surface area contributed by atoms with Gasteiger partial charge >= 0.3 is 0 Å². The summed E-state index contributed by atoms with van der Waals surface area (Å²) >= 11 is 3.62. The van der Waals surface area contributed by atoms with Crippen LogP contribution in [0.3, 0.4) is 0 Å². The molecule has 0 aliphatic heterocycles. The molecule has 4 nitrogen and oxygen atoms in total. The molecule has 20 heavy (non-hydrogen) atoms. The lowest BCUT2D eigenvalue weighted by Gasteiger charge is -2.11. The van der Waals surface area contributed by atoms with Crippen molar-refractivity contribution >= 4 is 32.9 Å². The summed E-state index contributed by atoms with van der Waals surface area (Å²) in [5.41, 5.74) is 9.91. The van der Waals surface area contributed by atoms with Gasteiger partial charge in [-0.1, -0.05) is 18.2 Å². The van der Waals surface area contributed by atoms with E-state index in [2.05, 4.69) is 20.9 Å². The van der Waals surface area contributed by atoms with Crippen molar-refractivity contribution in [3.63, 3.8) is 0 Å². The lowest BCUT2D eigenvalue weighted by atomic mass is 10.2. The molecular formula is C15H14BrN3O. The standard InChI is InChI=1S/C15H14BrN3O/c1-9-5-3-6-10(13(9)16)19-11-7-4-8-12(20-2)14(11)18-15(19)17/h3-8H,1-2H3,(H2,17,18). The van der Waals surface area contributed by atoms with Crippen LogP contribution < -0.4 is 10.5 Å². The van der Waals surface area contributed by atoms with Crippen molar-refractivity contribution in [1.82, 2.24) is 9.55 Å². The number of nitrogens with two attached hydrogens (primary N) is 1. The van der Waals surface area contributed by atoms with E-state index in [0.717, 1.165) is 32.5 Å². The molecule has 0 saturated carbocycles. The van der Waals surface area contributed by atoms with E-state index in [1.165, 1.54) is 0 Å². The van der Waals surface area contributed by atoms with Crippen LogP contribution in [0.25, 0.3) is 16.7 Å². The van der Waals surface area contributed by atoms with E-state index in [-0.39, 0.29) is 0 Å². The van der Waals surface area contributed by atoms with Gasteiger partial charge in [-0.3, -0.25) is 4.57 Å². The van der Waals surface area contributed by atoms with Crippen molar-refractivity contribution in [2.45, 2.75) is 6.92 Å². The van der Waals surface area contributed by atoms with E-state index in [1.807, 2.05) is 47.9 Å². The Bertz CT molecular complexity index is 795. The predicted octanol–water partition coefficient (Wildman–Crippen LogP) is 3.69. The van der Waals surface area contributed by atoms with Crippen molar-refractivity contribution < 1.29 is 4.74 Å². The van der Waals surface area contributed by atoms with E-state index in [9.17, 15) is 0 Å². The summed E-state index contributed by atoms with van der Waals surface area (Å²) < 4.78 is 8.28. The number of ether oxygens (including phenoxy) is 1. The molecule has 0 bridgehead atoms. The molecule has 0 amide bonds. The second kappa shape index (κ2) is 4.83. The van der Waals surface area contributed by atoms with Crippen LogP contribution in [0.2, 0.25) is 0 Å². The number of aromatic nitrogens is 2. The molecule has 0 unspecified atom stereocenters. The molecular weight excluding hydrogens is 318 g/mol. The molecule has 0 saturated heterocycles. The first-order chi connectivity index (χ1) is 9.63. The molecule has 0 aliphatic rings. The van der Waals surface area contributed by atoms with Crippen LogP contribution >= 0.6 is 15.9 Å². The van der Waals surface area contributed by atoms with Gasteiger partial charge in [0.05, 0.1) is 18.3 Å². The number of para-hydroxylation sites is 1. The molecule has 102 valence electrons. The van der Waals surface area contributed by atoms with Crippen LogP contribution in [-0.2, 0) is 0 Å². The highest BCUT2D eigenvalue weighted by molar-refractivity contribution is 9.10. The van der Waals surface area contributed by atoms with E-state index >= 15 is 0 Å². The zero-order chi connectivity index (χ0) is 14.3. The van der Waals surface area contributed by atoms with E-state index in [0.29, 0.717) is 5.95 Å². The first-order valence-electron chi connectivity index (χ1n) is 6.20. The summed E-state index contributed by atoms with van der Waals surface area (Å²) in [6.45, 7) is 2.05. The first-order valence-corrected chi connectivity index (χ1v) is 6.99. The Morgan fingerprint density at radius 1 is 1.20 bits per heavy atom. The fourth-order valence-corrected chi connectivity index (χ4v) is 2.76. The first kappa shape index (κ1) is 13.0. The Morgan fingerprint density at radius 2 is 1.95 bits per heavy atom. The maximum Gasteiger partial charge on any atom is 0.206 e. The minimum Gasteiger partial charge on any atom is -0.494 e. The summed E-state index contributed by atoms with van der Waals surface area (Å²) in [4.78, 5) is 4.43. The maximum atomic E-state index is 6.10. The second-order valence-electron chi connectivity index (χ2n) is 4.54. The number of hydrogen-bond donors (Lipinski definition) is 1. The van der Waals surface area contributed by atoms with Crippen molar-refractivity contribution in [2.75, 3.05) is 12.8 Å². The van der Waals surface area contributed by atoms with Gasteiger partial charge < -0.3 is 10.5 Å². The monoisotopic (exact) mass is 331 g/mol. The van der Waals surface area contributed by atoms with Crippen LogP contribution in [0.1, 0.15) is 5.56 Å². The number of halogens is 1. The molecule has 2 N–H and O–H groups in total. The third kappa shape index (κ3) is 1.86. The van der Waals surface area contributed by atoms with Gasteiger partial charge in [-0.25, -0.2) is 4.98 Å². The minimum atomic E-state index is 0.441. The zero-order valence-corrected chi connectivity index (χ0v) is 12.8. The van der Waals surface area contributed by atoms with Gasteiger partial charge in [0.1, 0.15) is 11.3 Å². The Balaban J connectivity index is 2.37. The number of rotatable bonds is 2. The zero-order valence-electron chi connectivity index (χ0n) is 11.2. The predicted molar refractivity (Wildman–Crippen MR) is 84.5 cm³/mol. The molecule has 0 aliphatic carbocycles. The van der Waals surface area contributed by atoms with Gasteiger partial charge in [0.2, 0.25) is 5.95 Å². The van der Waals surface area contributed by atoms with E-state index < -0.39 is 0 Å². The molecule has 0 atom stereocenters. The van der Waals surface area contributed by atoms with Crippen LogP contribution in [0.5, 0.6) is 5.75 Å². The highest BCUT2D eigenvalue weighted by Crippen LogP contribution is 2.33. The Hall–Kier alpha value is -2.01. The third-order valence-corrected chi connectivity index (χ3v) is 4.34. The van der Waals surface area contributed by atoms with Crippen LogP contribution in [-0.4, -0.2) is 16.7 Å². The smallest absolute Gasteiger partial charge is 0.206 e. The van der Waals surface area contributed by atoms with E-state index in [4.69, 9.17) is 10.5 Å². The molecule has 0 radical (unpaired) electrons. The summed E-state index contributed by atoms with van der Waals surface area (Å²) in [7, 11) is 1.63. The van der Waals surface area contributed by atoms with Gasteiger partial charge in [0, 0.05) is 4.47 Å². The van der Waals surface area contributed by atoms with Gasteiger partial charge in [-0.15, -0.1) is 0 Å². The number of nitrogen functional groups attached to an aromatic ring is 1. The minimum absolute atomic E-state index is 0.441. The van der Waals surface area contributed by atoms with Crippen LogP contribution in [0.4, 0.5) is 5.95 Å². The van der Waals surface area contributed by atoms with Crippen LogP contribution in [0, 0.1) is 6.92 Å². The topological polar surface area (TPSA) is 53.1 Å². The lowest BCUT2D eigenvalue weighted by Crippen LogP contribution is -2.02. The van der Waals surface area contributed by atoms with Crippen LogP contribution in [0.15, 0.2) is 40.9 Å². The SMILES string of the molecule is COc1cccc2c1nc(N)n2-c1cccc(C)c1Br. The fourth-order valence-electron chi connectivity index (χ4n) is 2.31. The number of benzene rings is 2. The molecule has 0 fully saturated rings. The highest BCUT2D eigenvalue weighted by Gasteiger charge is 2.15. The number of methoxy groups -OCH3 is 1. The van der Waals surface area contributed by atoms with Gasteiger partial charge in [0.15, 0.2) is 0 Å². The summed E-state index contributed by atoms with van der Waals surface area (Å²) in [6.07, 6.45) is 0. The Labute approximate surface area is 125 Å². The van der Waals surface area contributed by atoms with E-state index in [1.54, 1.807) is 7.11 Å². The highest BCUT2D eigenvalue weighted by atomic mass is 79.9. The van der Waals surface area contributed by atoms with Gasteiger partial charge in [-0.05, 0) is 46.6 Å². The van der Waals surface area contributed by atoms with Gasteiger partial charge in [-0.2, -0.15) is 0 Å². The van der Waals surface area contributed by atoms with Gasteiger partial charge in [0.25, 0.3) is 0 Å². The Morgan fingerprint density at radius 3 is 2.70 bits per heavy atom. The molecule has 1 heterocycles. The largest absolute Gasteiger partial charge is 0.494 e. The molecule has 1 aromatic heterocycles. The average molecular weight is 332 g/mol. The fraction of sp³-hybridized carbons (Fsp3) is 0.133. The summed E-state index contributed by atoms with van der Waals surface area (Å²) in [5, 5.41) is 0. The molecule has 3 rings (SSSR count). The van der Waals surface area contributed by atoms with Crippen molar-refractivity contribution in [1.29, 1.82) is 0 Å². The molecule has 5 heteroatoms. The third-order valence-electron chi connectivity index (χ3n) is 3.31. The average Bonchev–Trinajstić information content (AvgIpc) is 2.78. The quantitative estimate of drug-likeness (QED) is 0.779. The maximum absolute atomic E-state index is 6.10. The second-order valence-corrected chi connectivity index (χ2v) is 5.33. The lowest BCUT2D eigenvalue weighted by molar-refractivity contribution is 0.419. The molecule has 3 aromatic rings. The Kier molecular flexibility index (Phi) is 3.14. The molecule has 2 aromatic carbocycles. The normalized spacial score (nSPS) is 10.9. The number of aryl methyl sites for hydroxylation is 1.